The number of methoxy groups -OCH3 is 1. The second-order valence-electron chi connectivity index (χ2n) is 10.1. The summed E-state index contributed by atoms with van der Waals surface area (Å²) in [6.45, 7) is 12.1. The molecule has 0 aliphatic carbocycles. The standard InChI is InChI=1S/C25H35N2O5Si/c1-25(2,3)33(5,6)32-17-21-11-13-24(28)26(21)16-18-10-12-23(31-4)22(14-18)19-8-7-9-20(15-19)27(29)30/h7-10,12,14-15,21,29H,11,13,16-17H2,1-6H3/q-1. The molecule has 1 saturated heterocycles. The second-order valence-corrected chi connectivity index (χ2v) is 15.0. The van der Waals surface area contributed by atoms with Crippen molar-refractivity contribution in [3.8, 4) is 16.9 Å². The highest BCUT2D eigenvalue weighted by Crippen LogP contribution is 2.38. The van der Waals surface area contributed by atoms with Crippen LogP contribution in [0.15, 0.2) is 42.5 Å². The Bertz CT molecular complexity index is 987. The Balaban J connectivity index is 1.82. The fourth-order valence-corrected chi connectivity index (χ4v) is 4.82. The maximum Gasteiger partial charge on any atom is 0.223 e. The number of carbonyl (C=O) groups is 1. The van der Waals surface area contributed by atoms with Crippen LogP contribution >= 0.6 is 0 Å². The predicted octanol–water partition coefficient (Wildman–Crippen LogP) is 5.57. The third-order valence-electron chi connectivity index (χ3n) is 6.89. The van der Waals surface area contributed by atoms with E-state index in [1.807, 2.05) is 29.2 Å². The van der Waals surface area contributed by atoms with Crippen molar-refractivity contribution in [1.82, 2.24) is 4.90 Å². The zero-order valence-corrected chi connectivity index (χ0v) is 21.4. The van der Waals surface area contributed by atoms with E-state index in [4.69, 9.17) is 9.16 Å². The zero-order chi connectivity index (χ0) is 24.4. The lowest BCUT2D eigenvalue weighted by atomic mass is 10.0. The number of benzene rings is 2. The van der Waals surface area contributed by atoms with Crippen LogP contribution in [-0.4, -0.2) is 44.1 Å². The summed E-state index contributed by atoms with van der Waals surface area (Å²) in [5.74, 6) is 0.789. The molecule has 0 saturated carbocycles. The second kappa shape index (κ2) is 9.85. The van der Waals surface area contributed by atoms with Crippen LogP contribution in [-0.2, 0) is 15.8 Å². The molecule has 2 aromatic rings. The SMILES string of the molecule is COc1ccc(CN2C(=O)CCC2CO[Si](C)(C)C(C)(C)C)cc1-c1cccc(N([O-])O)c1. The average Bonchev–Trinajstić information content (AvgIpc) is 3.11. The molecule has 1 aliphatic heterocycles. The summed E-state index contributed by atoms with van der Waals surface area (Å²) in [6.07, 6.45) is 1.33. The van der Waals surface area contributed by atoms with Crippen molar-refractivity contribution < 1.29 is 19.2 Å². The highest BCUT2D eigenvalue weighted by atomic mass is 28.4. The van der Waals surface area contributed by atoms with E-state index >= 15 is 0 Å². The molecule has 1 heterocycles. The van der Waals surface area contributed by atoms with Crippen LogP contribution in [0.3, 0.4) is 0 Å². The van der Waals surface area contributed by atoms with Crippen LogP contribution in [0.1, 0.15) is 39.2 Å². The molecule has 1 aliphatic rings. The van der Waals surface area contributed by atoms with Gasteiger partial charge in [-0.15, -0.1) is 0 Å². The predicted molar refractivity (Wildman–Crippen MR) is 133 cm³/mol. The van der Waals surface area contributed by atoms with Gasteiger partial charge in [-0.05, 0) is 59.9 Å². The van der Waals surface area contributed by atoms with Gasteiger partial charge in [0, 0.05) is 18.5 Å². The van der Waals surface area contributed by atoms with Crippen LogP contribution in [0, 0.1) is 5.21 Å². The minimum absolute atomic E-state index is 0.0592. The minimum Gasteiger partial charge on any atom is -0.733 e. The Morgan fingerprint density at radius 2 is 1.94 bits per heavy atom. The molecule has 180 valence electrons. The van der Waals surface area contributed by atoms with Crippen molar-refractivity contribution >= 4 is 19.9 Å². The maximum atomic E-state index is 12.7. The molecule has 7 nitrogen and oxygen atoms in total. The fourth-order valence-electron chi connectivity index (χ4n) is 3.77. The summed E-state index contributed by atoms with van der Waals surface area (Å²) < 4.78 is 12.0. The van der Waals surface area contributed by atoms with Crippen LogP contribution in [0.5, 0.6) is 5.75 Å². The van der Waals surface area contributed by atoms with Crippen molar-refractivity contribution in [2.75, 3.05) is 18.9 Å². The smallest absolute Gasteiger partial charge is 0.223 e. The number of carbonyl (C=O) groups excluding carboxylic acids is 1. The van der Waals surface area contributed by atoms with Gasteiger partial charge in [-0.3, -0.25) is 10.0 Å². The molecule has 0 spiro atoms. The minimum atomic E-state index is -1.90. The van der Waals surface area contributed by atoms with Crippen molar-refractivity contribution in [3.63, 3.8) is 0 Å². The average molecular weight is 472 g/mol. The Kier molecular flexibility index (Phi) is 7.53. The summed E-state index contributed by atoms with van der Waals surface area (Å²) in [7, 11) is -0.311. The first-order valence-electron chi connectivity index (χ1n) is 11.3. The molecule has 3 rings (SSSR count). The van der Waals surface area contributed by atoms with E-state index in [0.717, 1.165) is 23.1 Å². The molecule has 33 heavy (non-hydrogen) atoms. The number of hydrogen-bond donors (Lipinski definition) is 1. The van der Waals surface area contributed by atoms with E-state index in [9.17, 15) is 15.2 Å². The van der Waals surface area contributed by atoms with E-state index in [2.05, 4.69) is 33.9 Å². The third kappa shape index (κ3) is 5.76. The monoisotopic (exact) mass is 471 g/mol. The summed E-state index contributed by atoms with van der Waals surface area (Å²) in [5.41, 5.74) is 2.63. The van der Waals surface area contributed by atoms with Crippen LogP contribution < -0.4 is 9.96 Å². The molecule has 2 aromatic carbocycles. The first kappa shape index (κ1) is 25.2. The lowest BCUT2D eigenvalue weighted by Crippen LogP contribution is -2.45. The molecule has 1 N–H and O–H groups in total. The molecular weight excluding hydrogens is 436 g/mol. The Hall–Kier alpha value is -2.39. The first-order valence-corrected chi connectivity index (χ1v) is 14.2. The zero-order valence-electron chi connectivity index (χ0n) is 20.4. The van der Waals surface area contributed by atoms with Crippen LogP contribution in [0.4, 0.5) is 5.69 Å². The molecule has 1 fully saturated rings. The van der Waals surface area contributed by atoms with E-state index in [1.165, 1.54) is 6.07 Å². The molecule has 1 amide bonds. The first-order chi connectivity index (χ1) is 15.4. The van der Waals surface area contributed by atoms with Gasteiger partial charge < -0.3 is 24.5 Å². The summed E-state index contributed by atoms with van der Waals surface area (Å²) in [4.78, 5) is 14.6. The van der Waals surface area contributed by atoms with Crippen molar-refractivity contribution in [2.24, 2.45) is 0 Å². The molecule has 0 aromatic heterocycles. The van der Waals surface area contributed by atoms with Gasteiger partial charge in [0.25, 0.3) is 0 Å². The maximum absolute atomic E-state index is 12.7. The lowest BCUT2D eigenvalue weighted by molar-refractivity contribution is -0.130. The van der Waals surface area contributed by atoms with E-state index in [-0.39, 0.29) is 27.9 Å². The highest BCUT2D eigenvalue weighted by Gasteiger charge is 2.39. The molecule has 0 bridgehead atoms. The van der Waals surface area contributed by atoms with Crippen molar-refractivity contribution in [1.29, 1.82) is 0 Å². The lowest BCUT2D eigenvalue weighted by Gasteiger charge is -2.38. The van der Waals surface area contributed by atoms with Gasteiger partial charge in [0.2, 0.25) is 5.91 Å². The van der Waals surface area contributed by atoms with Gasteiger partial charge in [0.05, 0.1) is 25.4 Å². The number of likely N-dealkylation sites (tertiary alicyclic amines) is 1. The number of ether oxygens (including phenoxy) is 1. The Morgan fingerprint density at radius 1 is 1.21 bits per heavy atom. The normalized spacial score (nSPS) is 16.9. The van der Waals surface area contributed by atoms with Crippen LogP contribution in [0.25, 0.3) is 11.1 Å². The van der Waals surface area contributed by atoms with Crippen LogP contribution in [0.2, 0.25) is 18.1 Å². The Morgan fingerprint density at radius 3 is 2.58 bits per heavy atom. The van der Waals surface area contributed by atoms with Gasteiger partial charge in [-0.25, -0.2) is 0 Å². The number of amides is 1. The van der Waals surface area contributed by atoms with Gasteiger partial charge in [-0.2, -0.15) is 0 Å². The molecular formula is C25H35N2O5Si-. The number of anilines is 1. The van der Waals surface area contributed by atoms with Crippen molar-refractivity contribution in [2.45, 2.75) is 64.3 Å². The molecule has 1 unspecified atom stereocenters. The van der Waals surface area contributed by atoms with E-state index in [1.54, 1.807) is 19.2 Å². The summed E-state index contributed by atoms with van der Waals surface area (Å²) in [5, 5.41) is 20.6. The highest BCUT2D eigenvalue weighted by molar-refractivity contribution is 6.74. The summed E-state index contributed by atoms with van der Waals surface area (Å²) in [6, 6.07) is 12.5. The Labute approximate surface area is 197 Å². The number of nitrogens with zero attached hydrogens (tertiary/aromatic N) is 2. The number of hydrogen-bond acceptors (Lipinski definition) is 6. The van der Waals surface area contributed by atoms with Gasteiger partial charge in [0.15, 0.2) is 8.32 Å². The molecule has 0 radical (unpaired) electrons. The third-order valence-corrected chi connectivity index (χ3v) is 11.4. The van der Waals surface area contributed by atoms with E-state index < -0.39 is 8.32 Å². The molecule has 1 atom stereocenters. The van der Waals surface area contributed by atoms with Gasteiger partial charge in [-0.1, -0.05) is 39.0 Å². The fraction of sp³-hybridized carbons (Fsp3) is 0.480. The van der Waals surface area contributed by atoms with Crippen molar-refractivity contribution in [3.05, 3.63) is 53.2 Å². The van der Waals surface area contributed by atoms with E-state index in [0.29, 0.717) is 25.3 Å². The topological polar surface area (TPSA) is 85.3 Å². The molecule has 8 heteroatoms. The largest absolute Gasteiger partial charge is 0.733 e. The van der Waals surface area contributed by atoms with Gasteiger partial charge >= 0.3 is 0 Å². The summed E-state index contributed by atoms with van der Waals surface area (Å²) >= 11 is 0. The number of rotatable bonds is 8. The van der Waals surface area contributed by atoms with Gasteiger partial charge in [0.1, 0.15) is 5.75 Å². The quantitative estimate of drug-likeness (QED) is 0.400.